The first-order valence-electron chi connectivity index (χ1n) is 8.61. The zero-order valence-electron chi connectivity index (χ0n) is 13.6. The summed E-state index contributed by atoms with van der Waals surface area (Å²) in [7, 11) is 0. The molecule has 0 nitrogen and oxygen atoms in total. The van der Waals surface area contributed by atoms with E-state index in [1.54, 1.807) is 0 Å². The number of rotatable bonds is 4. The van der Waals surface area contributed by atoms with Gasteiger partial charge in [0, 0.05) is 0 Å². The smallest absolute Gasteiger partial charge is 0.0264 e. The Labute approximate surface area is 121 Å². The molecule has 0 aromatic rings. The van der Waals surface area contributed by atoms with E-state index >= 15 is 0 Å². The van der Waals surface area contributed by atoms with Crippen LogP contribution in [0.5, 0.6) is 0 Å². The second-order valence-electron chi connectivity index (χ2n) is 7.93. The van der Waals surface area contributed by atoms with Gasteiger partial charge in [-0.3, -0.25) is 0 Å². The third-order valence-electron chi connectivity index (χ3n) is 6.71. The van der Waals surface area contributed by atoms with Gasteiger partial charge in [-0.05, 0) is 60.7 Å². The van der Waals surface area contributed by atoms with Gasteiger partial charge in [-0.1, -0.05) is 53.0 Å². The van der Waals surface area contributed by atoms with E-state index in [1.165, 1.54) is 44.9 Å². The fraction of sp³-hybridized carbons (Fsp3) is 0.895. The molecule has 6 unspecified atom stereocenters. The average Bonchev–Trinajstić information content (AvgIpc) is 2.37. The van der Waals surface area contributed by atoms with Crippen molar-refractivity contribution in [3.05, 3.63) is 12.7 Å². The Kier molecular flexibility index (Phi) is 4.79. The molecule has 110 valence electrons. The molecule has 0 aliphatic heterocycles. The standard InChI is InChI=1S/C19H34/c1-6-14(2)9-11-17-16(4)10-12-18-15(3)8-7-13-19(17,18)5/h6,14-18H,1,7-13H2,2-5H3. The van der Waals surface area contributed by atoms with Gasteiger partial charge < -0.3 is 0 Å². The first kappa shape index (κ1) is 15.1. The second-order valence-corrected chi connectivity index (χ2v) is 7.93. The highest BCUT2D eigenvalue weighted by atomic mass is 14.5. The van der Waals surface area contributed by atoms with Crippen LogP contribution in [0.1, 0.15) is 72.6 Å². The quantitative estimate of drug-likeness (QED) is 0.539. The Morgan fingerprint density at radius 3 is 2.63 bits per heavy atom. The van der Waals surface area contributed by atoms with E-state index < -0.39 is 0 Å². The summed E-state index contributed by atoms with van der Waals surface area (Å²) in [6.07, 6.45) is 12.3. The summed E-state index contributed by atoms with van der Waals surface area (Å²) in [5, 5.41) is 0. The van der Waals surface area contributed by atoms with Crippen LogP contribution in [0.15, 0.2) is 12.7 Å². The lowest BCUT2D eigenvalue weighted by Gasteiger charge is -2.56. The Morgan fingerprint density at radius 1 is 1.21 bits per heavy atom. The molecule has 2 fully saturated rings. The highest BCUT2D eigenvalue weighted by Crippen LogP contribution is 2.58. The van der Waals surface area contributed by atoms with Gasteiger partial charge in [0.25, 0.3) is 0 Å². The summed E-state index contributed by atoms with van der Waals surface area (Å²) in [6, 6.07) is 0. The fourth-order valence-corrected chi connectivity index (χ4v) is 5.38. The Morgan fingerprint density at radius 2 is 1.95 bits per heavy atom. The minimum absolute atomic E-state index is 0.635. The maximum Gasteiger partial charge on any atom is -0.0264 e. The van der Waals surface area contributed by atoms with Gasteiger partial charge in [0.2, 0.25) is 0 Å². The van der Waals surface area contributed by atoms with Gasteiger partial charge in [0.1, 0.15) is 0 Å². The van der Waals surface area contributed by atoms with E-state index in [4.69, 9.17) is 0 Å². The molecular formula is C19H34. The lowest BCUT2D eigenvalue weighted by atomic mass is 9.49. The van der Waals surface area contributed by atoms with Gasteiger partial charge in [0.05, 0.1) is 0 Å². The van der Waals surface area contributed by atoms with E-state index in [1.807, 2.05) is 0 Å². The van der Waals surface area contributed by atoms with Crippen LogP contribution in [0, 0.1) is 35.0 Å². The molecule has 19 heavy (non-hydrogen) atoms. The van der Waals surface area contributed by atoms with Crippen molar-refractivity contribution >= 4 is 0 Å². The monoisotopic (exact) mass is 262 g/mol. The predicted molar refractivity (Wildman–Crippen MR) is 85.1 cm³/mol. The number of hydrogen-bond acceptors (Lipinski definition) is 0. The van der Waals surface area contributed by atoms with Crippen molar-refractivity contribution in [2.45, 2.75) is 72.6 Å². The summed E-state index contributed by atoms with van der Waals surface area (Å²) in [6.45, 7) is 13.9. The van der Waals surface area contributed by atoms with Crippen molar-refractivity contribution in [1.29, 1.82) is 0 Å². The summed E-state index contributed by atoms with van der Waals surface area (Å²) in [4.78, 5) is 0. The van der Waals surface area contributed by atoms with E-state index in [0.717, 1.165) is 23.7 Å². The van der Waals surface area contributed by atoms with Crippen LogP contribution in [0.4, 0.5) is 0 Å². The third-order valence-corrected chi connectivity index (χ3v) is 6.71. The molecule has 2 aliphatic carbocycles. The van der Waals surface area contributed by atoms with Crippen LogP contribution in [-0.4, -0.2) is 0 Å². The van der Waals surface area contributed by atoms with Crippen molar-refractivity contribution in [3.8, 4) is 0 Å². The van der Waals surface area contributed by atoms with Crippen LogP contribution in [-0.2, 0) is 0 Å². The van der Waals surface area contributed by atoms with Crippen molar-refractivity contribution in [1.82, 2.24) is 0 Å². The summed E-state index contributed by atoms with van der Waals surface area (Å²) < 4.78 is 0. The van der Waals surface area contributed by atoms with E-state index in [-0.39, 0.29) is 0 Å². The second kappa shape index (κ2) is 6.02. The Balaban J connectivity index is 2.11. The first-order valence-corrected chi connectivity index (χ1v) is 8.61. The molecule has 2 saturated carbocycles. The molecule has 0 bridgehead atoms. The van der Waals surface area contributed by atoms with Gasteiger partial charge >= 0.3 is 0 Å². The maximum atomic E-state index is 3.95. The van der Waals surface area contributed by atoms with Gasteiger partial charge in [0.15, 0.2) is 0 Å². The van der Waals surface area contributed by atoms with Crippen LogP contribution in [0.2, 0.25) is 0 Å². The molecule has 0 heteroatoms. The molecule has 0 heterocycles. The van der Waals surface area contributed by atoms with E-state index in [9.17, 15) is 0 Å². The molecule has 0 aromatic carbocycles. The predicted octanol–water partition coefficient (Wildman–Crippen LogP) is 6.08. The molecule has 2 aliphatic rings. The molecule has 2 rings (SSSR count). The Bertz CT molecular complexity index is 305. The lowest BCUT2D eigenvalue weighted by Crippen LogP contribution is -2.47. The zero-order valence-corrected chi connectivity index (χ0v) is 13.6. The van der Waals surface area contributed by atoms with Crippen LogP contribution >= 0.6 is 0 Å². The van der Waals surface area contributed by atoms with Gasteiger partial charge in [-0.25, -0.2) is 0 Å². The normalized spacial score (nSPS) is 44.4. The third kappa shape index (κ3) is 2.93. The minimum atomic E-state index is 0.635. The van der Waals surface area contributed by atoms with Crippen molar-refractivity contribution in [2.75, 3.05) is 0 Å². The Hall–Kier alpha value is -0.260. The lowest BCUT2D eigenvalue weighted by molar-refractivity contribution is -0.0610. The molecule has 0 amide bonds. The van der Waals surface area contributed by atoms with Crippen molar-refractivity contribution in [3.63, 3.8) is 0 Å². The van der Waals surface area contributed by atoms with E-state index in [2.05, 4.69) is 40.3 Å². The summed E-state index contributed by atoms with van der Waals surface area (Å²) in [5.74, 6) is 4.55. The highest BCUT2D eigenvalue weighted by molar-refractivity contribution is 4.99. The van der Waals surface area contributed by atoms with Crippen LogP contribution in [0.3, 0.4) is 0 Å². The topological polar surface area (TPSA) is 0 Å². The fourth-order valence-electron chi connectivity index (χ4n) is 5.38. The molecule has 0 aromatic heterocycles. The van der Waals surface area contributed by atoms with Gasteiger partial charge in [-0.2, -0.15) is 0 Å². The van der Waals surface area contributed by atoms with Crippen LogP contribution in [0.25, 0.3) is 0 Å². The minimum Gasteiger partial charge on any atom is -0.103 e. The van der Waals surface area contributed by atoms with E-state index in [0.29, 0.717) is 11.3 Å². The largest absolute Gasteiger partial charge is 0.103 e. The van der Waals surface area contributed by atoms with Gasteiger partial charge in [-0.15, -0.1) is 6.58 Å². The summed E-state index contributed by atoms with van der Waals surface area (Å²) in [5.41, 5.74) is 0.635. The molecule has 0 saturated heterocycles. The molecular weight excluding hydrogens is 228 g/mol. The van der Waals surface area contributed by atoms with Crippen LogP contribution < -0.4 is 0 Å². The molecule has 0 radical (unpaired) electrons. The number of fused-ring (bicyclic) bond motifs is 1. The number of hydrogen-bond donors (Lipinski definition) is 0. The summed E-state index contributed by atoms with van der Waals surface area (Å²) >= 11 is 0. The SMILES string of the molecule is C=CC(C)CCC1C(C)CCC2C(C)CCCC12C. The number of allylic oxidation sites excluding steroid dienone is 1. The molecule has 0 N–H and O–H groups in total. The maximum absolute atomic E-state index is 3.95. The average molecular weight is 262 g/mol. The highest BCUT2D eigenvalue weighted by Gasteiger charge is 2.49. The first-order chi connectivity index (χ1) is 8.99. The van der Waals surface area contributed by atoms with Crippen molar-refractivity contribution < 1.29 is 0 Å². The molecule has 6 atom stereocenters. The van der Waals surface area contributed by atoms with Crippen molar-refractivity contribution in [2.24, 2.45) is 35.0 Å². The molecule has 0 spiro atoms. The zero-order chi connectivity index (χ0) is 14.0.